The number of nitrogens with one attached hydrogen (secondary N) is 3. The number of amides is 1. The average molecular weight is 484 g/mol. The molecule has 1 unspecified atom stereocenters. The predicted molar refractivity (Wildman–Crippen MR) is 118 cm³/mol. The number of benzene rings is 2. The number of aryl methyl sites for hydroxylation is 1. The molecule has 27 heavy (non-hydrogen) atoms. The van der Waals surface area contributed by atoms with Gasteiger partial charge in [0.15, 0.2) is 5.96 Å². The highest BCUT2D eigenvalue weighted by molar-refractivity contribution is 14.0. The van der Waals surface area contributed by atoms with E-state index in [1.807, 2.05) is 43.3 Å². The first-order chi connectivity index (χ1) is 12.5. The number of hydrogen-bond acceptors (Lipinski definition) is 2. The summed E-state index contributed by atoms with van der Waals surface area (Å²) in [6.45, 7) is 4.21. The third-order valence-corrected chi connectivity index (χ3v) is 4.02. The maximum Gasteiger partial charge on any atom is 0.239 e. The summed E-state index contributed by atoms with van der Waals surface area (Å²) in [5.41, 5.74) is 2.46. The first kappa shape index (κ1) is 22.9. The summed E-state index contributed by atoms with van der Waals surface area (Å²) in [4.78, 5) is 16.1. The lowest BCUT2D eigenvalue weighted by Gasteiger charge is -2.18. The molecule has 0 spiro atoms. The molecule has 0 heterocycles. The molecule has 3 N–H and O–H groups in total. The van der Waals surface area contributed by atoms with E-state index < -0.39 is 0 Å². The fourth-order valence-electron chi connectivity index (χ4n) is 2.38. The van der Waals surface area contributed by atoms with Crippen molar-refractivity contribution in [2.75, 3.05) is 13.6 Å². The number of carbonyl (C=O) groups excluding carboxylic acids is 1. The monoisotopic (exact) mass is 484 g/mol. The lowest BCUT2D eigenvalue weighted by molar-refractivity contribution is -0.120. The van der Waals surface area contributed by atoms with Crippen LogP contribution < -0.4 is 16.0 Å². The van der Waals surface area contributed by atoms with Gasteiger partial charge in [-0.2, -0.15) is 0 Å². The SMILES string of the molecule is CN=C(NCC(=O)NCc1ccccc1)NC(C)c1ccc(C)c(F)c1.I. The molecule has 0 aliphatic rings. The standard InChI is InChI=1S/C20H25FN4O.HI/c1-14-9-10-17(11-18(14)21)15(2)25-20(22-3)24-13-19(26)23-12-16-7-5-4-6-8-16;/h4-11,15H,12-13H2,1-3H3,(H,23,26)(H2,22,24,25);1H. The molecular weight excluding hydrogens is 458 g/mol. The summed E-state index contributed by atoms with van der Waals surface area (Å²) in [5.74, 6) is 0.110. The summed E-state index contributed by atoms with van der Waals surface area (Å²) in [5, 5.41) is 8.96. The summed E-state index contributed by atoms with van der Waals surface area (Å²) < 4.78 is 13.7. The van der Waals surface area contributed by atoms with Gasteiger partial charge < -0.3 is 16.0 Å². The molecule has 0 aliphatic heterocycles. The van der Waals surface area contributed by atoms with Crippen LogP contribution in [-0.4, -0.2) is 25.5 Å². The van der Waals surface area contributed by atoms with Crippen LogP contribution in [0.1, 0.15) is 29.7 Å². The topological polar surface area (TPSA) is 65.5 Å². The van der Waals surface area contributed by atoms with Crippen molar-refractivity contribution in [1.82, 2.24) is 16.0 Å². The number of hydrogen-bond donors (Lipinski definition) is 3. The van der Waals surface area contributed by atoms with E-state index in [-0.39, 0.29) is 48.3 Å². The molecule has 0 saturated carbocycles. The Kier molecular flexibility index (Phi) is 9.77. The number of rotatable bonds is 6. The zero-order chi connectivity index (χ0) is 18.9. The van der Waals surface area contributed by atoms with Gasteiger partial charge in [-0.25, -0.2) is 4.39 Å². The fraction of sp³-hybridized carbons (Fsp3) is 0.300. The van der Waals surface area contributed by atoms with Crippen LogP contribution in [0.3, 0.4) is 0 Å². The largest absolute Gasteiger partial charge is 0.350 e. The molecule has 0 aromatic heterocycles. The van der Waals surface area contributed by atoms with Crippen molar-refractivity contribution in [3.63, 3.8) is 0 Å². The lowest BCUT2D eigenvalue weighted by atomic mass is 10.1. The second-order valence-corrected chi connectivity index (χ2v) is 6.06. The van der Waals surface area contributed by atoms with Crippen LogP contribution in [0.2, 0.25) is 0 Å². The van der Waals surface area contributed by atoms with Gasteiger partial charge in [-0.05, 0) is 36.6 Å². The fourth-order valence-corrected chi connectivity index (χ4v) is 2.38. The summed E-state index contributed by atoms with van der Waals surface area (Å²) in [6, 6.07) is 14.7. The Morgan fingerprint density at radius 1 is 1.15 bits per heavy atom. The number of guanidine groups is 1. The van der Waals surface area contributed by atoms with Gasteiger partial charge in [0, 0.05) is 13.6 Å². The summed E-state index contributed by atoms with van der Waals surface area (Å²) in [7, 11) is 1.62. The minimum atomic E-state index is -0.237. The Hall–Kier alpha value is -2.16. The van der Waals surface area contributed by atoms with E-state index in [0.29, 0.717) is 18.1 Å². The van der Waals surface area contributed by atoms with E-state index in [9.17, 15) is 9.18 Å². The number of aliphatic imine (C=N–C) groups is 1. The van der Waals surface area contributed by atoms with E-state index in [2.05, 4.69) is 20.9 Å². The van der Waals surface area contributed by atoms with Crippen LogP contribution in [0.5, 0.6) is 0 Å². The number of carbonyl (C=O) groups is 1. The zero-order valence-corrected chi connectivity index (χ0v) is 18.1. The van der Waals surface area contributed by atoms with Gasteiger partial charge in [0.2, 0.25) is 5.91 Å². The molecule has 7 heteroatoms. The molecule has 2 rings (SSSR count). The Balaban J connectivity index is 0.00000364. The van der Waals surface area contributed by atoms with E-state index in [1.54, 1.807) is 20.0 Å². The lowest BCUT2D eigenvalue weighted by Crippen LogP contribution is -2.43. The molecule has 0 saturated heterocycles. The molecule has 1 amide bonds. The minimum Gasteiger partial charge on any atom is -0.350 e. The summed E-state index contributed by atoms with van der Waals surface area (Å²) in [6.07, 6.45) is 0. The quantitative estimate of drug-likeness (QED) is 0.335. The van der Waals surface area contributed by atoms with Crippen molar-refractivity contribution < 1.29 is 9.18 Å². The first-order valence-corrected chi connectivity index (χ1v) is 8.53. The van der Waals surface area contributed by atoms with Crippen molar-refractivity contribution >= 4 is 35.8 Å². The van der Waals surface area contributed by atoms with Crippen LogP contribution >= 0.6 is 24.0 Å². The van der Waals surface area contributed by atoms with E-state index in [4.69, 9.17) is 0 Å². The average Bonchev–Trinajstić information content (AvgIpc) is 2.66. The molecule has 0 bridgehead atoms. The third kappa shape index (κ3) is 7.54. The van der Waals surface area contributed by atoms with E-state index in [1.165, 1.54) is 6.07 Å². The van der Waals surface area contributed by atoms with Gasteiger partial charge in [-0.1, -0.05) is 42.5 Å². The van der Waals surface area contributed by atoms with Crippen molar-refractivity contribution in [3.05, 3.63) is 71.0 Å². The molecule has 2 aromatic carbocycles. The molecule has 0 fully saturated rings. The van der Waals surface area contributed by atoms with Crippen molar-refractivity contribution in [1.29, 1.82) is 0 Å². The van der Waals surface area contributed by atoms with E-state index >= 15 is 0 Å². The van der Waals surface area contributed by atoms with Gasteiger partial charge in [-0.15, -0.1) is 24.0 Å². The Morgan fingerprint density at radius 2 is 1.85 bits per heavy atom. The maximum atomic E-state index is 13.7. The maximum absolute atomic E-state index is 13.7. The van der Waals surface area contributed by atoms with Crippen LogP contribution in [0.4, 0.5) is 4.39 Å². The highest BCUT2D eigenvalue weighted by Crippen LogP contribution is 2.16. The number of nitrogens with zero attached hydrogens (tertiary/aromatic N) is 1. The highest BCUT2D eigenvalue weighted by Gasteiger charge is 2.10. The van der Waals surface area contributed by atoms with Crippen molar-refractivity contribution in [3.8, 4) is 0 Å². The van der Waals surface area contributed by atoms with E-state index in [0.717, 1.165) is 11.1 Å². The molecule has 2 aromatic rings. The molecule has 0 radical (unpaired) electrons. The second kappa shape index (κ2) is 11.5. The second-order valence-electron chi connectivity index (χ2n) is 6.06. The Labute approximate surface area is 176 Å². The smallest absolute Gasteiger partial charge is 0.239 e. The van der Waals surface area contributed by atoms with Gasteiger partial charge in [0.25, 0.3) is 0 Å². The molecular formula is C20H26FIN4O. The van der Waals surface area contributed by atoms with Gasteiger partial charge >= 0.3 is 0 Å². The molecule has 146 valence electrons. The Morgan fingerprint density at radius 3 is 2.48 bits per heavy atom. The van der Waals surface area contributed by atoms with Gasteiger partial charge in [0.1, 0.15) is 5.82 Å². The zero-order valence-electron chi connectivity index (χ0n) is 15.8. The van der Waals surface area contributed by atoms with Gasteiger partial charge in [0.05, 0.1) is 12.6 Å². The Bertz CT molecular complexity index is 768. The van der Waals surface area contributed by atoms with Crippen LogP contribution in [-0.2, 0) is 11.3 Å². The molecule has 1 atom stereocenters. The normalized spacial score (nSPS) is 11.9. The van der Waals surface area contributed by atoms with Gasteiger partial charge in [-0.3, -0.25) is 9.79 Å². The van der Waals surface area contributed by atoms with Crippen molar-refractivity contribution in [2.45, 2.75) is 26.4 Å². The van der Waals surface area contributed by atoms with Crippen LogP contribution in [0.15, 0.2) is 53.5 Å². The van der Waals surface area contributed by atoms with Crippen molar-refractivity contribution in [2.24, 2.45) is 4.99 Å². The van der Waals surface area contributed by atoms with Crippen LogP contribution in [0, 0.1) is 12.7 Å². The van der Waals surface area contributed by atoms with Crippen LogP contribution in [0.25, 0.3) is 0 Å². The third-order valence-electron chi connectivity index (χ3n) is 4.02. The number of halogens is 2. The molecule has 0 aliphatic carbocycles. The summed E-state index contributed by atoms with van der Waals surface area (Å²) >= 11 is 0. The predicted octanol–water partition coefficient (Wildman–Crippen LogP) is 3.29. The first-order valence-electron chi connectivity index (χ1n) is 8.53. The molecule has 5 nitrogen and oxygen atoms in total. The highest BCUT2D eigenvalue weighted by atomic mass is 127. The minimum absolute atomic E-state index is 0.